The first-order valence-corrected chi connectivity index (χ1v) is 6.89. The van der Waals surface area contributed by atoms with Crippen molar-refractivity contribution in [2.24, 2.45) is 0 Å². The molecule has 0 unspecified atom stereocenters. The van der Waals surface area contributed by atoms with Gasteiger partial charge < -0.3 is 4.98 Å². The second kappa shape index (κ2) is 4.90. The van der Waals surface area contributed by atoms with Gasteiger partial charge in [0.15, 0.2) is 0 Å². The number of hydrogen-bond acceptors (Lipinski definition) is 2. The van der Waals surface area contributed by atoms with Gasteiger partial charge in [0, 0.05) is 23.3 Å². The normalized spacial score (nSPS) is 11.0. The zero-order valence-electron chi connectivity index (χ0n) is 11.4. The van der Waals surface area contributed by atoms with E-state index >= 15 is 0 Å². The average Bonchev–Trinajstić information content (AvgIpc) is 3.14. The molecule has 4 nitrogen and oxygen atoms in total. The van der Waals surface area contributed by atoms with Gasteiger partial charge in [0.1, 0.15) is 5.65 Å². The van der Waals surface area contributed by atoms with Crippen molar-refractivity contribution in [3.05, 3.63) is 72.7 Å². The van der Waals surface area contributed by atoms with Crippen molar-refractivity contribution in [2.45, 2.75) is 6.54 Å². The Labute approximate surface area is 122 Å². The van der Waals surface area contributed by atoms with Crippen LogP contribution >= 0.6 is 0 Å². The van der Waals surface area contributed by atoms with Gasteiger partial charge in [0.2, 0.25) is 0 Å². The van der Waals surface area contributed by atoms with E-state index < -0.39 is 0 Å². The summed E-state index contributed by atoms with van der Waals surface area (Å²) in [5.41, 5.74) is 4.26. The van der Waals surface area contributed by atoms with E-state index in [1.807, 2.05) is 35.1 Å². The highest BCUT2D eigenvalue weighted by Crippen LogP contribution is 2.22. The highest BCUT2D eigenvalue weighted by Gasteiger charge is 2.06. The molecule has 0 amide bonds. The lowest BCUT2D eigenvalue weighted by Gasteiger charge is -2.00. The van der Waals surface area contributed by atoms with Gasteiger partial charge in [-0.15, -0.1) is 0 Å². The first-order chi connectivity index (χ1) is 10.4. The quantitative estimate of drug-likeness (QED) is 0.621. The van der Waals surface area contributed by atoms with Crippen LogP contribution in [0.2, 0.25) is 0 Å². The van der Waals surface area contributed by atoms with Crippen molar-refractivity contribution in [3.63, 3.8) is 0 Å². The van der Waals surface area contributed by atoms with E-state index in [-0.39, 0.29) is 0 Å². The van der Waals surface area contributed by atoms with Crippen LogP contribution in [0, 0.1) is 0 Å². The van der Waals surface area contributed by atoms with E-state index in [0.29, 0.717) is 0 Å². The Balaban J connectivity index is 1.64. The van der Waals surface area contributed by atoms with Gasteiger partial charge in [-0.2, -0.15) is 5.10 Å². The standard InChI is InChI=1S/C17H14N4/c1-2-5-13(6-3-1)11-21-12-15(10-19-21)16-9-14-7-4-8-18-17(14)20-16/h1-10,12H,11H2,(H,18,20). The Bertz CT molecular complexity index is 841. The fourth-order valence-corrected chi connectivity index (χ4v) is 2.47. The second-order valence-corrected chi connectivity index (χ2v) is 5.04. The fraction of sp³-hybridized carbons (Fsp3) is 0.0588. The molecule has 4 rings (SSSR count). The van der Waals surface area contributed by atoms with E-state index in [0.717, 1.165) is 28.8 Å². The summed E-state index contributed by atoms with van der Waals surface area (Å²) >= 11 is 0. The third-order valence-corrected chi connectivity index (χ3v) is 3.52. The number of pyridine rings is 1. The van der Waals surface area contributed by atoms with Crippen LogP contribution in [0.5, 0.6) is 0 Å². The van der Waals surface area contributed by atoms with Crippen LogP contribution in [-0.2, 0) is 6.54 Å². The van der Waals surface area contributed by atoms with Crippen molar-refractivity contribution >= 4 is 11.0 Å². The number of aromatic nitrogens is 4. The lowest BCUT2D eigenvalue weighted by atomic mass is 10.2. The summed E-state index contributed by atoms with van der Waals surface area (Å²) in [5, 5.41) is 5.55. The molecular formula is C17H14N4. The first kappa shape index (κ1) is 11.9. The molecular weight excluding hydrogens is 260 g/mol. The van der Waals surface area contributed by atoms with Gasteiger partial charge >= 0.3 is 0 Å². The Morgan fingerprint density at radius 3 is 2.81 bits per heavy atom. The lowest BCUT2D eigenvalue weighted by Crippen LogP contribution is -1.99. The molecule has 0 aliphatic heterocycles. The molecule has 21 heavy (non-hydrogen) atoms. The van der Waals surface area contributed by atoms with Crippen molar-refractivity contribution in [1.82, 2.24) is 19.7 Å². The predicted molar refractivity (Wildman–Crippen MR) is 82.9 cm³/mol. The van der Waals surface area contributed by atoms with Crippen LogP contribution in [0.15, 0.2) is 67.1 Å². The van der Waals surface area contributed by atoms with Crippen molar-refractivity contribution in [3.8, 4) is 11.3 Å². The predicted octanol–water partition coefficient (Wildman–Crippen LogP) is 3.47. The SMILES string of the molecule is c1ccc(Cn2cc(-c3cc4cccnc4[nH]3)cn2)cc1. The molecule has 102 valence electrons. The Morgan fingerprint density at radius 1 is 1.05 bits per heavy atom. The van der Waals surface area contributed by atoms with E-state index in [4.69, 9.17) is 0 Å². The fourth-order valence-electron chi connectivity index (χ4n) is 2.47. The molecule has 0 aliphatic rings. The molecule has 0 radical (unpaired) electrons. The number of nitrogens with one attached hydrogen (secondary N) is 1. The molecule has 4 heteroatoms. The third kappa shape index (κ3) is 2.31. The van der Waals surface area contributed by atoms with Gasteiger partial charge in [-0.3, -0.25) is 4.68 Å². The summed E-state index contributed by atoms with van der Waals surface area (Å²) in [4.78, 5) is 7.64. The molecule has 4 aromatic rings. The monoisotopic (exact) mass is 274 g/mol. The Hall–Kier alpha value is -2.88. The molecule has 0 atom stereocenters. The van der Waals surface area contributed by atoms with Crippen LogP contribution in [0.3, 0.4) is 0 Å². The van der Waals surface area contributed by atoms with E-state index in [1.165, 1.54) is 5.56 Å². The number of benzene rings is 1. The summed E-state index contributed by atoms with van der Waals surface area (Å²) in [7, 11) is 0. The van der Waals surface area contributed by atoms with Crippen molar-refractivity contribution in [1.29, 1.82) is 0 Å². The van der Waals surface area contributed by atoms with Crippen LogP contribution in [0.4, 0.5) is 0 Å². The van der Waals surface area contributed by atoms with Crippen LogP contribution in [-0.4, -0.2) is 19.7 Å². The molecule has 3 heterocycles. The van der Waals surface area contributed by atoms with Gasteiger partial charge in [-0.05, 0) is 23.8 Å². The average molecular weight is 274 g/mol. The van der Waals surface area contributed by atoms with Gasteiger partial charge in [0.25, 0.3) is 0 Å². The lowest BCUT2D eigenvalue weighted by molar-refractivity contribution is 0.687. The largest absolute Gasteiger partial charge is 0.339 e. The number of fused-ring (bicyclic) bond motifs is 1. The molecule has 3 aromatic heterocycles. The maximum atomic E-state index is 4.43. The number of hydrogen-bond donors (Lipinski definition) is 1. The maximum absolute atomic E-state index is 4.43. The van der Waals surface area contributed by atoms with E-state index in [1.54, 1.807) is 6.20 Å². The first-order valence-electron chi connectivity index (χ1n) is 6.89. The molecule has 0 saturated carbocycles. The van der Waals surface area contributed by atoms with Crippen molar-refractivity contribution < 1.29 is 0 Å². The van der Waals surface area contributed by atoms with Gasteiger partial charge in [-0.1, -0.05) is 30.3 Å². The number of H-pyrrole nitrogens is 1. The minimum Gasteiger partial charge on any atom is -0.339 e. The van der Waals surface area contributed by atoms with Gasteiger partial charge in [0.05, 0.1) is 18.4 Å². The van der Waals surface area contributed by atoms with Crippen LogP contribution < -0.4 is 0 Å². The minimum absolute atomic E-state index is 0.777. The summed E-state index contributed by atoms with van der Waals surface area (Å²) in [6.45, 7) is 0.777. The van der Waals surface area contributed by atoms with Crippen LogP contribution in [0.1, 0.15) is 5.56 Å². The smallest absolute Gasteiger partial charge is 0.137 e. The second-order valence-electron chi connectivity index (χ2n) is 5.04. The Kier molecular flexibility index (Phi) is 2.78. The molecule has 0 fully saturated rings. The Morgan fingerprint density at radius 2 is 1.95 bits per heavy atom. The molecule has 0 bridgehead atoms. The summed E-state index contributed by atoms with van der Waals surface area (Å²) in [5.74, 6) is 0. The molecule has 0 spiro atoms. The zero-order chi connectivity index (χ0) is 14.1. The van der Waals surface area contributed by atoms with E-state index in [2.05, 4.69) is 45.5 Å². The molecule has 1 N–H and O–H groups in total. The number of aromatic amines is 1. The third-order valence-electron chi connectivity index (χ3n) is 3.52. The maximum Gasteiger partial charge on any atom is 0.137 e. The highest BCUT2D eigenvalue weighted by atomic mass is 15.3. The summed E-state index contributed by atoms with van der Waals surface area (Å²) in [6, 6.07) is 16.4. The topological polar surface area (TPSA) is 46.5 Å². The minimum atomic E-state index is 0.777. The molecule has 1 aromatic carbocycles. The van der Waals surface area contributed by atoms with E-state index in [9.17, 15) is 0 Å². The number of rotatable bonds is 3. The molecule has 0 aliphatic carbocycles. The van der Waals surface area contributed by atoms with Gasteiger partial charge in [-0.25, -0.2) is 4.98 Å². The van der Waals surface area contributed by atoms with Crippen LogP contribution in [0.25, 0.3) is 22.3 Å². The molecule has 0 saturated heterocycles. The van der Waals surface area contributed by atoms with Crippen molar-refractivity contribution in [2.75, 3.05) is 0 Å². The zero-order valence-corrected chi connectivity index (χ0v) is 11.4. The number of nitrogens with zero attached hydrogens (tertiary/aromatic N) is 3. The summed E-state index contributed by atoms with van der Waals surface area (Å²) < 4.78 is 1.95. The highest BCUT2D eigenvalue weighted by molar-refractivity contribution is 5.82. The summed E-state index contributed by atoms with van der Waals surface area (Å²) in [6.07, 6.45) is 5.73.